The molecule has 1 aromatic rings. The first kappa shape index (κ1) is 9.07. The molecule has 0 bridgehead atoms. The van der Waals surface area contributed by atoms with Crippen molar-refractivity contribution in [2.75, 3.05) is 7.05 Å². The molecule has 0 atom stereocenters. The molecular formula is C9H10ClNO. The average Bonchev–Trinajstić information content (AvgIpc) is 2.16. The Morgan fingerprint density at radius 3 is 2.75 bits per heavy atom. The highest BCUT2D eigenvalue weighted by molar-refractivity contribution is 6.17. The Balaban J connectivity index is 3.04. The molecule has 12 heavy (non-hydrogen) atoms. The molecule has 2 nitrogen and oxygen atoms in total. The molecule has 1 aromatic carbocycles. The van der Waals surface area contributed by atoms with Gasteiger partial charge in [-0.1, -0.05) is 18.2 Å². The molecule has 0 heterocycles. The molecule has 0 spiro atoms. The molecule has 0 unspecified atom stereocenters. The number of amides is 1. The van der Waals surface area contributed by atoms with E-state index in [0.717, 1.165) is 5.56 Å². The number of hydrogen-bond donors (Lipinski definition) is 1. The van der Waals surface area contributed by atoms with Gasteiger partial charge >= 0.3 is 0 Å². The molecule has 3 heteroatoms. The first-order valence-corrected chi connectivity index (χ1v) is 4.19. The van der Waals surface area contributed by atoms with Gasteiger partial charge in [-0.2, -0.15) is 0 Å². The van der Waals surface area contributed by atoms with Crippen molar-refractivity contribution in [2.45, 2.75) is 5.88 Å². The van der Waals surface area contributed by atoms with Crippen LogP contribution in [0.4, 0.5) is 0 Å². The zero-order valence-corrected chi connectivity index (χ0v) is 7.56. The molecule has 0 fully saturated rings. The monoisotopic (exact) mass is 183 g/mol. The fourth-order valence-electron chi connectivity index (χ4n) is 0.993. The third kappa shape index (κ3) is 1.77. The number of halogens is 1. The first-order valence-electron chi connectivity index (χ1n) is 3.65. The highest BCUT2D eigenvalue weighted by Gasteiger charge is 2.06. The maximum Gasteiger partial charge on any atom is 0.251 e. The van der Waals surface area contributed by atoms with E-state index in [0.29, 0.717) is 11.4 Å². The predicted octanol–water partition coefficient (Wildman–Crippen LogP) is 1.79. The van der Waals surface area contributed by atoms with Gasteiger partial charge in [0, 0.05) is 18.5 Å². The van der Waals surface area contributed by atoms with E-state index in [1.54, 1.807) is 13.1 Å². The Morgan fingerprint density at radius 1 is 1.50 bits per heavy atom. The summed E-state index contributed by atoms with van der Waals surface area (Å²) in [6.45, 7) is 0. The Kier molecular flexibility index (Phi) is 3.11. The van der Waals surface area contributed by atoms with Crippen LogP contribution in [0.15, 0.2) is 24.3 Å². The van der Waals surface area contributed by atoms with Crippen LogP contribution in [0.3, 0.4) is 0 Å². The van der Waals surface area contributed by atoms with Crippen LogP contribution in [-0.4, -0.2) is 13.0 Å². The second-order valence-electron chi connectivity index (χ2n) is 2.37. The summed E-state index contributed by atoms with van der Waals surface area (Å²) in [4.78, 5) is 11.2. The average molecular weight is 184 g/mol. The van der Waals surface area contributed by atoms with Crippen molar-refractivity contribution in [3.05, 3.63) is 35.4 Å². The lowest BCUT2D eigenvalue weighted by atomic mass is 10.1. The van der Waals surface area contributed by atoms with E-state index < -0.39 is 0 Å². The van der Waals surface area contributed by atoms with Gasteiger partial charge in [0.05, 0.1) is 0 Å². The number of benzene rings is 1. The minimum atomic E-state index is -0.0914. The fraction of sp³-hybridized carbons (Fsp3) is 0.222. The van der Waals surface area contributed by atoms with Gasteiger partial charge in [0.15, 0.2) is 0 Å². The molecule has 0 aliphatic heterocycles. The van der Waals surface area contributed by atoms with Crippen molar-refractivity contribution in [1.29, 1.82) is 0 Å². The Morgan fingerprint density at radius 2 is 2.17 bits per heavy atom. The Hall–Kier alpha value is -1.02. The molecular weight excluding hydrogens is 174 g/mol. The van der Waals surface area contributed by atoms with Crippen LogP contribution in [0.1, 0.15) is 15.9 Å². The molecule has 0 saturated carbocycles. The molecule has 1 N–H and O–H groups in total. The van der Waals surface area contributed by atoms with Crippen LogP contribution in [0, 0.1) is 0 Å². The van der Waals surface area contributed by atoms with Crippen LogP contribution in [0.2, 0.25) is 0 Å². The fourth-order valence-corrected chi connectivity index (χ4v) is 1.23. The van der Waals surface area contributed by atoms with Gasteiger partial charge in [0.2, 0.25) is 0 Å². The number of alkyl halides is 1. The standard InChI is InChI=1S/C9H10ClNO/c1-11-9(12)8-5-3-2-4-7(8)6-10/h2-5H,6H2,1H3,(H,11,12). The summed E-state index contributed by atoms with van der Waals surface area (Å²) in [5.74, 6) is 0.273. The molecule has 0 saturated heterocycles. The molecule has 0 aliphatic carbocycles. The lowest BCUT2D eigenvalue weighted by Gasteiger charge is -2.03. The molecule has 1 amide bonds. The van der Waals surface area contributed by atoms with E-state index in [1.807, 2.05) is 18.2 Å². The van der Waals surface area contributed by atoms with Crippen molar-refractivity contribution in [3.63, 3.8) is 0 Å². The second kappa shape index (κ2) is 4.12. The summed E-state index contributed by atoms with van der Waals surface area (Å²) in [5.41, 5.74) is 1.51. The van der Waals surface area contributed by atoms with Gasteiger partial charge < -0.3 is 5.32 Å². The van der Waals surface area contributed by atoms with E-state index in [4.69, 9.17) is 11.6 Å². The lowest BCUT2D eigenvalue weighted by Crippen LogP contribution is -2.19. The van der Waals surface area contributed by atoms with Gasteiger partial charge in [-0.3, -0.25) is 4.79 Å². The van der Waals surface area contributed by atoms with Gasteiger partial charge in [0.1, 0.15) is 0 Å². The summed E-state index contributed by atoms with van der Waals surface area (Å²) in [6.07, 6.45) is 0. The molecule has 0 radical (unpaired) electrons. The summed E-state index contributed by atoms with van der Waals surface area (Å²) >= 11 is 5.65. The summed E-state index contributed by atoms with van der Waals surface area (Å²) in [7, 11) is 1.60. The van der Waals surface area contributed by atoms with Gasteiger partial charge in [0.25, 0.3) is 5.91 Å². The SMILES string of the molecule is CNC(=O)c1ccccc1CCl. The maximum absolute atomic E-state index is 11.2. The van der Waals surface area contributed by atoms with E-state index in [1.165, 1.54) is 0 Å². The summed E-state index contributed by atoms with van der Waals surface area (Å²) in [6, 6.07) is 7.29. The third-order valence-electron chi connectivity index (χ3n) is 1.63. The van der Waals surface area contributed by atoms with Gasteiger partial charge in [-0.25, -0.2) is 0 Å². The van der Waals surface area contributed by atoms with Crippen LogP contribution in [0.25, 0.3) is 0 Å². The zero-order chi connectivity index (χ0) is 8.97. The topological polar surface area (TPSA) is 29.1 Å². The molecule has 0 aliphatic rings. The first-order chi connectivity index (χ1) is 5.79. The Labute approximate surface area is 76.5 Å². The smallest absolute Gasteiger partial charge is 0.251 e. The lowest BCUT2D eigenvalue weighted by molar-refractivity contribution is 0.0962. The highest BCUT2D eigenvalue weighted by atomic mass is 35.5. The zero-order valence-electron chi connectivity index (χ0n) is 6.80. The van der Waals surface area contributed by atoms with Gasteiger partial charge in [-0.15, -0.1) is 11.6 Å². The second-order valence-corrected chi connectivity index (χ2v) is 2.64. The van der Waals surface area contributed by atoms with Crippen LogP contribution >= 0.6 is 11.6 Å². The van der Waals surface area contributed by atoms with Crippen molar-refractivity contribution in [2.24, 2.45) is 0 Å². The quantitative estimate of drug-likeness (QED) is 0.696. The number of nitrogens with one attached hydrogen (secondary N) is 1. The minimum Gasteiger partial charge on any atom is -0.355 e. The normalized spacial score (nSPS) is 9.50. The third-order valence-corrected chi connectivity index (χ3v) is 1.92. The van der Waals surface area contributed by atoms with Crippen molar-refractivity contribution in [1.82, 2.24) is 5.32 Å². The van der Waals surface area contributed by atoms with Crippen molar-refractivity contribution < 1.29 is 4.79 Å². The predicted molar refractivity (Wildman–Crippen MR) is 49.4 cm³/mol. The maximum atomic E-state index is 11.2. The van der Waals surface area contributed by atoms with Gasteiger partial charge in [-0.05, 0) is 11.6 Å². The highest BCUT2D eigenvalue weighted by Crippen LogP contribution is 2.10. The number of carbonyl (C=O) groups excluding carboxylic acids is 1. The molecule has 1 rings (SSSR count). The number of hydrogen-bond acceptors (Lipinski definition) is 1. The van der Waals surface area contributed by atoms with E-state index in [9.17, 15) is 4.79 Å². The Bertz CT molecular complexity index is 286. The molecule has 0 aromatic heterocycles. The van der Waals surface area contributed by atoms with E-state index in [2.05, 4.69) is 5.32 Å². The van der Waals surface area contributed by atoms with E-state index in [-0.39, 0.29) is 5.91 Å². The molecule has 64 valence electrons. The summed E-state index contributed by atoms with van der Waals surface area (Å²) in [5, 5.41) is 2.56. The number of carbonyl (C=O) groups is 1. The van der Waals surface area contributed by atoms with Crippen LogP contribution in [0.5, 0.6) is 0 Å². The van der Waals surface area contributed by atoms with E-state index >= 15 is 0 Å². The minimum absolute atomic E-state index is 0.0914. The van der Waals surface area contributed by atoms with Crippen molar-refractivity contribution >= 4 is 17.5 Å². The van der Waals surface area contributed by atoms with Crippen LogP contribution in [-0.2, 0) is 5.88 Å². The van der Waals surface area contributed by atoms with Crippen molar-refractivity contribution in [3.8, 4) is 0 Å². The largest absolute Gasteiger partial charge is 0.355 e. The summed E-state index contributed by atoms with van der Waals surface area (Å²) < 4.78 is 0. The number of rotatable bonds is 2. The van der Waals surface area contributed by atoms with Crippen LogP contribution < -0.4 is 5.32 Å².